The lowest BCUT2D eigenvalue weighted by atomic mass is 9.95. The Labute approximate surface area is 117 Å². The first-order valence-electron chi connectivity index (χ1n) is 6.57. The van der Waals surface area contributed by atoms with Gasteiger partial charge in [0.1, 0.15) is 0 Å². The maximum atomic E-state index is 10.7. The summed E-state index contributed by atoms with van der Waals surface area (Å²) in [6.07, 6.45) is 5.93. The maximum Gasteiger partial charge on any atom is 0.303 e. The summed E-state index contributed by atoms with van der Waals surface area (Å²) in [5, 5.41) is 16.4. The van der Waals surface area contributed by atoms with Crippen molar-refractivity contribution in [3.63, 3.8) is 0 Å². The Morgan fingerprint density at radius 2 is 2.42 bits per heavy atom. The molecule has 1 unspecified atom stereocenters. The van der Waals surface area contributed by atoms with Gasteiger partial charge in [-0.3, -0.25) is 4.79 Å². The van der Waals surface area contributed by atoms with Crippen LogP contribution in [0.1, 0.15) is 19.3 Å². The highest BCUT2D eigenvalue weighted by atomic mass is 32.2. The second-order valence-corrected chi connectivity index (χ2v) is 6.00. The first-order chi connectivity index (χ1) is 9.24. The number of aromatic nitrogens is 2. The van der Waals surface area contributed by atoms with Crippen LogP contribution in [0.5, 0.6) is 0 Å². The summed E-state index contributed by atoms with van der Waals surface area (Å²) in [7, 11) is 0. The Morgan fingerprint density at radius 1 is 1.53 bits per heavy atom. The van der Waals surface area contributed by atoms with E-state index in [1.165, 1.54) is 0 Å². The lowest BCUT2D eigenvalue weighted by Crippen LogP contribution is -2.37. The summed E-state index contributed by atoms with van der Waals surface area (Å²) < 4.78 is 0. The van der Waals surface area contributed by atoms with Crippen LogP contribution in [0.3, 0.4) is 0 Å². The molecule has 19 heavy (non-hydrogen) atoms. The van der Waals surface area contributed by atoms with E-state index in [9.17, 15) is 4.79 Å². The lowest BCUT2D eigenvalue weighted by Gasteiger charge is -2.31. The van der Waals surface area contributed by atoms with Gasteiger partial charge < -0.3 is 10.0 Å². The highest BCUT2D eigenvalue weighted by Crippen LogP contribution is 2.21. The summed E-state index contributed by atoms with van der Waals surface area (Å²) in [4.78, 5) is 14.2. The minimum absolute atomic E-state index is 0.303. The number of likely N-dealkylation sites (tertiary alicyclic amines) is 1. The Balaban J connectivity index is 1.69. The molecule has 0 aromatic carbocycles. The molecule has 2 rings (SSSR count). The molecule has 1 aliphatic heterocycles. The molecule has 0 saturated carbocycles. The number of piperidine rings is 1. The van der Waals surface area contributed by atoms with Crippen LogP contribution < -0.4 is 0 Å². The van der Waals surface area contributed by atoms with Crippen molar-refractivity contribution in [2.24, 2.45) is 5.92 Å². The molecule has 0 radical (unpaired) electrons. The van der Waals surface area contributed by atoms with Crippen LogP contribution in [0.4, 0.5) is 0 Å². The second kappa shape index (κ2) is 7.45. The van der Waals surface area contributed by atoms with Gasteiger partial charge in [0.05, 0.1) is 12.4 Å². The highest BCUT2D eigenvalue weighted by molar-refractivity contribution is 7.99. The molecule has 1 N–H and O–H groups in total. The Bertz CT molecular complexity index is 402. The predicted molar refractivity (Wildman–Crippen MR) is 74.2 cm³/mol. The number of carbonyl (C=O) groups is 1. The van der Waals surface area contributed by atoms with Crippen molar-refractivity contribution < 1.29 is 9.90 Å². The van der Waals surface area contributed by atoms with Gasteiger partial charge in [0.25, 0.3) is 0 Å². The zero-order valence-corrected chi connectivity index (χ0v) is 11.7. The number of hydrogen-bond acceptors (Lipinski definition) is 5. The third-order valence-corrected chi connectivity index (χ3v) is 4.26. The zero-order chi connectivity index (χ0) is 13.5. The van der Waals surface area contributed by atoms with E-state index in [-0.39, 0.29) is 0 Å². The molecule has 1 aromatic rings. The molecule has 0 bridgehead atoms. The van der Waals surface area contributed by atoms with Crippen molar-refractivity contribution in [3.05, 3.63) is 18.5 Å². The molecule has 0 spiro atoms. The van der Waals surface area contributed by atoms with Gasteiger partial charge in [0, 0.05) is 30.2 Å². The van der Waals surface area contributed by atoms with Crippen molar-refractivity contribution in [1.29, 1.82) is 0 Å². The molecule has 1 aromatic heterocycles. The lowest BCUT2D eigenvalue weighted by molar-refractivity contribution is -0.138. The molecule has 104 valence electrons. The number of rotatable bonds is 6. The van der Waals surface area contributed by atoms with Gasteiger partial charge in [-0.25, -0.2) is 0 Å². The van der Waals surface area contributed by atoms with Gasteiger partial charge in [-0.1, -0.05) is 0 Å². The molecule has 2 heterocycles. The summed E-state index contributed by atoms with van der Waals surface area (Å²) in [5.74, 6) is 0.647. The molecule has 1 fully saturated rings. The Morgan fingerprint density at radius 3 is 3.16 bits per heavy atom. The number of aliphatic carboxylic acids is 1. The third kappa shape index (κ3) is 5.16. The Hall–Kier alpha value is -1.14. The Kier molecular flexibility index (Phi) is 5.60. The number of carboxylic acid groups (broad SMARTS) is 1. The van der Waals surface area contributed by atoms with Crippen LogP contribution in [0.15, 0.2) is 23.4 Å². The quantitative estimate of drug-likeness (QED) is 0.801. The first kappa shape index (κ1) is 14.3. The fraction of sp³-hybridized carbons (Fsp3) is 0.615. The largest absolute Gasteiger partial charge is 0.481 e. The van der Waals surface area contributed by atoms with Gasteiger partial charge >= 0.3 is 5.97 Å². The molecule has 0 aliphatic carbocycles. The minimum Gasteiger partial charge on any atom is -0.481 e. The van der Waals surface area contributed by atoms with Gasteiger partial charge in [-0.05, 0) is 31.4 Å². The van der Waals surface area contributed by atoms with Crippen LogP contribution in [-0.2, 0) is 4.79 Å². The maximum absolute atomic E-state index is 10.7. The number of nitrogens with zero attached hydrogens (tertiary/aromatic N) is 3. The minimum atomic E-state index is -0.677. The molecular formula is C13H19N3O2S. The van der Waals surface area contributed by atoms with E-state index in [0.717, 1.165) is 43.1 Å². The van der Waals surface area contributed by atoms with E-state index in [0.29, 0.717) is 12.3 Å². The van der Waals surface area contributed by atoms with Gasteiger partial charge in [0.2, 0.25) is 0 Å². The molecule has 1 atom stereocenters. The summed E-state index contributed by atoms with van der Waals surface area (Å²) in [6, 6.07) is 1.96. The van der Waals surface area contributed by atoms with Crippen molar-refractivity contribution in [3.8, 4) is 0 Å². The third-order valence-electron chi connectivity index (χ3n) is 3.30. The molecule has 1 aliphatic rings. The summed E-state index contributed by atoms with van der Waals surface area (Å²) in [6.45, 7) is 3.01. The predicted octanol–water partition coefficient (Wildman–Crippen LogP) is 1.76. The second-order valence-electron chi connectivity index (χ2n) is 4.83. The fourth-order valence-electron chi connectivity index (χ4n) is 2.42. The van der Waals surface area contributed by atoms with Crippen LogP contribution >= 0.6 is 11.8 Å². The van der Waals surface area contributed by atoms with Gasteiger partial charge in [0.15, 0.2) is 0 Å². The van der Waals surface area contributed by atoms with E-state index < -0.39 is 5.97 Å². The van der Waals surface area contributed by atoms with Crippen molar-refractivity contribution >= 4 is 17.7 Å². The summed E-state index contributed by atoms with van der Waals surface area (Å²) >= 11 is 1.77. The normalized spacial score (nSPS) is 20.3. The molecule has 6 heteroatoms. The number of carboxylic acids is 1. The number of hydrogen-bond donors (Lipinski definition) is 1. The van der Waals surface area contributed by atoms with E-state index in [1.54, 1.807) is 24.2 Å². The average Bonchev–Trinajstić information content (AvgIpc) is 2.40. The van der Waals surface area contributed by atoms with E-state index >= 15 is 0 Å². The van der Waals surface area contributed by atoms with Crippen molar-refractivity contribution in [1.82, 2.24) is 15.1 Å². The van der Waals surface area contributed by atoms with Gasteiger partial charge in [-0.15, -0.1) is 11.8 Å². The topological polar surface area (TPSA) is 66.3 Å². The average molecular weight is 281 g/mol. The number of thioether (sulfide) groups is 1. The van der Waals surface area contributed by atoms with Crippen LogP contribution in [0, 0.1) is 5.92 Å². The SMILES string of the molecule is O=C(O)CC1CCCN(CCSc2ccnnc2)C1. The zero-order valence-electron chi connectivity index (χ0n) is 10.9. The summed E-state index contributed by atoms with van der Waals surface area (Å²) in [5.41, 5.74) is 0. The molecule has 0 amide bonds. The smallest absolute Gasteiger partial charge is 0.303 e. The molecular weight excluding hydrogens is 262 g/mol. The van der Waals surface area contributed by atoms with Crippen LogP contribution in [0.25, 0.3) is 0 Å². The molecule has 1 saturated heterocycles. The van der Waals surface area contributed by atoms with E-state index in [4.69, 9.17) is 5.11 Å². The first-order valence-corrected chi connectivity index (χ1v) is 7.56. The van der Waals surface area contributed by atoms with Crippen molar-refractivity contribution in [2.75, 3.05) is 25.4 Å². The van der Waals surface area contributed by atoms with E-state index in [2.05, 4.69) is 15.1 Å². The monoisotopic (exact) mass is 281 g/mol. The van der Waals surface area contributed by atoms with Gasteiger partial charge in [-0.2, -0.15) is 10.2 Å². The van der Waals surface area contributed by atoms with Crippen molar-refractivity contribution in [2.45, 2.75) is 24.2 Å². The molecule has 5 nitrogen and oxygen atoms in total. The van der Waals surface area contributed by atoms with Crippen LogP contribution in [-0.4, -0.2) is 51.6 Å². The highest BCUT2D eigenvalue weighted by Gasteiger charge is 2.21. The fourth-order valence-corrected chi connectivity index (χ4v) is 3.29. The van der Waals surface area contributed by atoms with Crippen LogP contribution in [0.2, 0.25) is 0 Å². The van der Waals surface area contributed by atoms with E-state index in [1.807, 2.05) is 6.07 Å². The standard InChI is InChI=1S/C13H19N3O2S/c17-13(18)8-11-2-1-5-16(10-11)6-7-19-12-3-4-14-15-9-12/h3-4,9,11H,1-2,5-8,10H2,(H,17,18).